The van der Waals surface area contributed by atoms with Crippen molar-refractivity contribution in [2.45, 2.75) is 77.0 Å². The first-order chi connectivity index (χ1) is 14.9. The molecule has 0 aromatic heterocycles. The summed E-state index contributed by atoms with van der Waals surface area (Å²) in [4.78, 5) is 1.59. The van der Waals surface area contributed by atoms with Gasteiger partial charge in [0, 0.05) is 22.0 Å². The average molecular weight is 546 g/mol. The van der Waals surface area contributed by atoms with Gasteiger partial charge < -0.3 is 3.11 Å². The molecule has 0 N–H and O–H groups in total. The molecule has 5 rings (SSSR count). The molecule has 4 aliphatic carbocycles. The first-order valence-electron chi connectivity index (χ1n) is 12.2. The number of nitrogens with zero attached hydrogens (tertiary/aromatic N) is 1. The molecule has 0 aromatic rings. The normalized spacial score (nSPS) is 33.2. The van der Waals surface area contributed by atoms with Gasteiger partial charge in [0.05, 0.1) is 34.6 Å². The number of allylic oxidation sites excluding steroid dienone is 7. The second kappa shape index (κ2) is 8.93. The van der Waals surface area contributed by atoms with Crippen LogP contribution in [0.25, 0.3) is 0 Å². The maximum Gasteiger partial charge on any atom is 0.0641 e. The molecular weight excluding hydrogens is 509 g/mol. The third kappa shape index (κ3) is 4.18. The smallest absolute Gasteiger partial charge is 0.0641 e. The van der Waals surface area contributed by atoms with E-state index in [2.05, 4.69) is 107 Å². The first kappa shape index (κ1) is 22.1. The lowest BCUT2D eigenvalue weighted by Gasteiger charge is -2.40. The van der Waals surface area contributed by atoms with Gasteiger partial charge in [-0.3, -0.25) is 0 Å². The minimum Gasteiger partial charge on any atom is -0.306 e. The van der Waals surface area contributed by atoms with E-state index >= 15 is 0 Å². The van der Waals surface area contributed by atoms with Crippen molar-refractivity contribution in [3.63, 3.8) is 0 Å². The number of thioether (sulfide) groups is 1. The van der Waals surface area contributed by atoms with Crippen LogP contribution in [0.2, 0.25) is 0 Å². The van der Waals surface area contributed by atoms with Crippen molar-refractivity contribution >= 4 is 34.6 Å². The Balaban J connectivity index is 1.41. The quantitative estimate of drug-likeness (QED) is 0.258. The molecule has 1 aliphatic heterocycles. The van der Waals surface area contributed by atoms with Crippen molar-refractivity contribution in [2.24, 2.45) is 23.2 Å². The Kier molecular flexibility index (Phi) is 6.37. The summed E-state index contributed by atoms with van der Waals surface area (Å²) in [6.45, 7) is 7.13. The van der Waals surface area contributed by atoms with E-state index in [0.29, 0.717) is 23.1 Å². The van der Waals surface area contributed by atoms with E-state index in [0.717, 1.165) is 5.92 Å². The van der Waals surface area contributed by atoms with Gasteiger partial charge in [0.25, 0.3) is 0 Å². The number of halogens is 1. The van der Waals surface area contributed by atoms with Crippen LogP contribution in [0.4, 0.5) is 0 Å². The van der Waals surface area contributed by atoms with E-state index in [4.69, 9.17) is 0 Å². The Morgan fingerprint density at radius 1 is 1.00 bits per heavy atom. The standard InChI is InChI=1S/C28H36INS/c1-28(2,3)23-16-9-14-21-22-15-10-18-25(27(22)31-26(21)23)30(29)24-17-8-7-13-20(24)19-11-5-4-6-12-19/h7-9,13-14,16-21,24,26H,4-6,10-12,15H2,1-3H3. The van der Waals surface area contributed by atoms with E-state index < -0.39 is 0 Å². The highest BCUT2D eigenvalue weighted by molar-refractivity contribution is 14.1. The number of fused-ring (bicyclic) bond motifs is 2. The van der Waals surface area contributed by atoms with Gasteiger partial charge in [-0.25, -0.2) is 0 Å². The van der Waals surface area contributed by atoms with Gasteiger partial charge in [-0.1, -0.05) is 94.2 Å². The first-order valence-corrected chi connectivity index (χ1v) is 14.1. The fourth-order valence-electron chi connectivity index (χ4n) is 6.24. The lowest BCUT2D eigenvalue weighted by molar-refractivity contribution is 0.237. The highest BCUT2D eigenvalue weighted by atomic mass is 127. The number of hydrogen-bond donors (Lipinski definition) is 0. The third-order valence-electron chi connectivity index (χ3n) is 7.85. The van der Waals surface area contributed by atoms with Gasteiger partial charge in [0.1, 0.15) is 0 Å². The summed E-state index contributed by atoms with van der Waals surface area (Å²) in [7, 11) is 0. The highest BCUT2D eigenvalue weighted by Gasteiger charge is 2.43. The van der Waals surface area contributed by atoms with Crippen LogP contribution in [0.3, 0.4) is 0 Å². The molecule has 0 amide bonds. The zero-order chi connectivity index (χ0) is 21.6. The topological polar surface area (TPSA) is 3.24 Å². The highest BCUT2D eigenvalue weighted by Crippen LogP contribution is 2.57. The van der Waals surface area contributed by atoms with E-state index in [9.17, 15) is 0 Å². The van der Waals surface area contributed by atoms with E-state index in [1.165, 1.54) is 50.6 Å². The molecule has 4 unspecified atom stereocenters. The SMILES string of the molecule is CC(C)(C)C1=CC=CC2C3=C(SC12)C(N(I)C1C=CC=CC1C1CCCCC1)=CCC3. The lowest BCUT2D eigenvalue weighted by Crippen LogP contribution is -2.37. The van der Waals surface area contributed by atoms with Gasteiger partial charge in [-0.2, -0.15) is 0 Å². The van der Waals surface area contributed by atoms with Crippen LogP contribution in [0, 0.1) is 23.2 Å². The minimum atomic E-state index is 0.228. The maximum absolute atomic E-state index is 2.64. The van der Waals surface area contributed by atoms with Crippen molar-refractivity contribution in [3.8, 4) is 0 Å². The summed E-state index contributed by atoms with van der Waals surface area (Å²) in [5.41, 5.74) is 5.03. The lowest BCUT2D eigenvalue weighted by atomic mass is 9.74. The zero-order valence-electron chi connectivity index (χ0n) is 19.2. The van der Waals surface area contributed by atoms with E-state index in [1.807, 2.05) is 0 Å². The molecule has 0 radical (unpaired) electrons. The largest absolute Gasteiger partial charge is 0.306 e. The maximum atomic E-state index is 2.64. The molecule has 0 bridgehead atoms. The second-order valence-corrected chi connectivity index (χ2v) is 13.0. The van der Waals surface area contributed by atoms with Crippen LogP contribution in [0.5, 0.6) is 0 Å². The average Bonchev–Trinajstić information content (AvgIpc) is 3.17. The van der Waals surface area contributed by atoms with Crippen molar-refractivity contribution in [2.75, 3.05) is 0 Å². The summed E-state index contributed by atoms with van der Waals surface area (Å²) in [5, 5.41) is 0.581. The molecule has 1 heterocycles. The summed E-state index contributed by atoms with van der Waals surface area (Å²) in [6.07, 6.45) is 28.8. The van der Waals surface area contributed by atoms with Crippen LogP contribution in [-0.2, 0) is 0 Å². The van der Waals surface area contributed by atoms with Gasteiger partial charge >= 0.3 is 0 Å². The summed E-state index contributed by atoms with van der Waals surface area (Å²) < 4.78 is 2.61. The molecule has 5 aliphatic rings. The van der Waals surface area contributed by atoms with Crippen LogP contribution in [-0.4, -0.2) is 14.4 Å². The molecule has 1 saturated carbocycles. The van der Waals surface area contributed by atoms with Crippen LogP contribution >= 0.6 is 34.6 Å². The zero-order valence-corrected chi connectivity index (χ0v) is 22.2. The monoisotopic (exact) mass is 545 g/mol. The molecule has 1 nitrogen and oxygen atoms in total. The second-order valence-electron chi connectivity index (χ2n) is 10.9. The molecule has 3 heteroatoms. The molecule has 166 valence electrons. The van der Waals surface area contributed by atoms with E-state index in [1.54, 1.807) is 16.1 Å². The molecule has 0 spiro atoms. The number of hydrogen-bond acceptors (Lipinski definition) is 2. The Bertz CT molecular complexity index is 890. The van der Waals surface area contributed by atoms with Gasteiger partial charge in [-0.15, -0.1) is 11.8 Å². The van der Waals surface area contributed by atoms with Crippen molar-refractivity contribution in [3.05, 3.63) is 70.4 Å². The van der Waals surface area contributed by atoms with Crippen LogP contribution in [0.15, 0.2) is 70.4 Å². The third-order valence-corrected chi connectivity index (χ3v) is 10.5. The molecule has 31 heavy (non-hydrogen) atoms. The molecule has 1 fully saturated rings. The van der Waals surface area contributed by atoms with Gasteiger partial charge in [0.15, 0.2) is 0 Å². The fraction of sp³-hybridized carbons (Fsp3) is 0.571. The molecule has 4 atom stereocenters. The number of rotatable bonds is 3. The molecule has 0 aromatic carbocycles. The van der Waals surface area contributed by atoms with E-state index in [-0.39, 0.29) is 5.41 Å². The van der Waals surface area contributed by atoms with Gasteiger partial charge in [-0.05, 0) is 42.6 Å². The van der Waals surface area contributed by atoms with Gasteiger partial charge in [0.2, 0.25) is 0 Å². The molecule has 0 saturated heterocycles. The Hall–Kier alpha value is -0.680. The van der Waals surface area contributed by atoms with Crippen LogP contribution in [0.1, 0.15) is 65.7 Å². The summed E-state index contributed by atoms with van der Waals surface area (Å²) in [6, 6.07) is 0.475. The predicted molar refractivity (Wildman–Crippen MR) is 144 cm³/mol. The predicted octanol–water partition coefficient (Wildman–Crippen LogP) is 8.54. The Labute approximate surface area is 207 Å². The summed E-state index contributed by atoms with van der Waals surface area (Å²) in [5.74, 6) is 2.07. The molecular formula is C28H36INS. The van der Waals surface area contributed by atoms with Crippen LogP contribution < -0.4 is 0 Å². The fourth-order valence-corrected chi connectivity index (χ4v) is 9.30. The Morgan fingerprint density at radius 3 is 2.55 bits per heavy atom. The van der Waals surface area contributed by atoms with Crippen molar-refractivity contribution in [1.29, 1.82) is 0 Å². The van der Waals surface area contributed by atoms with Crippen molar-refractivity contribution < 1.29 is 0 Å². The minimum absolute atomic E-state index is 0.228. The Morgan fingerprint density at radius 2 is 1.77 bits per heavy atom. The van der Waals surface area contributed by atoms with Crippen molar-refractivity contribution in [1.82, 2.24) is 3.11 Å². The summed E-state index contributed by atoms with van der Waals surface area (Å²) >= 11 is 4.80.